The molecule has 1 heterocycles. The minimum absolute atomic E-state index is 0.0215. The van der Waals surface area contributed by atoms with E-state index in [4.69, 9.17) is 14.2 Å². The third-order valence-corrected chi connectivity index (χ3v) is 9.68. The normalized spacial score (nSPS) is 19.1. The number of ether oxygens (including phenoxy) is 3. The van der Waals surface area contributed by atoms with Gasteiger partial charge < -0.3 is 34.4 Å². The number of rotatable bonds is 13. The number of carbonyl (C=O) groups is 4. The molecule has 11 heteroatoms. The molecule has 0 unspecified atom stereocenters. The number of amides is 3. The van der Waals surface area contributed by atoms with E-state index in [9.17, 15) is 24.3 Å². The first-order chi connectivity index (χ1) is 26.6. The van der Waals surface area contributed by atoms with Crippen LogP contribution in [0, 0.1) is 0 Å². The first-order valence-electron chi connectivity index (χ1n) is 18.2. The number of nitrogens with zero attached hydrogens (tertiary/aromatic N) is 2. The van der Waals surface area contributed by atoms with Gasteiger partial charge in [-0.25, -0.2) is 4.79 Å². The largest absolute Gasteiger partial charge is 0.456 e. The maximum absolute atomic E-state index is 14.5. The highest BCUT2D eigenvalue weighted by atomic mass is 16.8. The van der Waals surface area contributed by atoms with Gasteiger partial charge in [-0.05, 0) is 35.4 Å². The highest BCUT2D eigenvalue weighted by Gasteiger charge is 2.55. The van der Waals surface area contributed by atoms with E-state index < -0.39 is 47.9 Å². The first kappa shape index (κ1) is 38.8. The van der Waals surface area contributed by atoms with Gasteiger partial charge in [0.2, 0.25) is 23.5 Å². The minimum Gasteiger partial charge on any atom is -0.456 e. The summed E-state index contributed by atoms with van der Waals surface area (Å²) in [4.78, 5) is 56.8. The van der Waals surface area contributed by atoms with E-state index in [1.54, 1.807) is 57.6 Å². The Labute approximate surface area is 320 Å². The zero-order valence-corrected chi connectivity index (χ0v) is 31.0. The number of fused-ring (bicyclic) bond motifs is 1. The smallest absolute Gasteiger partial charge is 0.338 e. The average Bonchev–Trinajstić information content (AvgIpc) is 3.63. The summed E-state index contributed by atoms with van der Waals surface area (Å²) in [5.74, 6) is -3.11. The predicted molar refractivity (Wildman–Crippen MR) is 206 cm³/mol. The van der Waals surface area contributed by atoms with Crippen LogP contribution in [-0.4, -0.2) is 97.2 Å². The molecule has 0 spiro atoms. The highest BCUT2D eigenvalue weighted by Crippen LogP contribution is 2.47. The van der Waals surface area contributed by atoms with Gasteiger partial charge in [0.05, 0.1) is 12.2 Å². The van der Waals surface area contributed by atoms with Gasteiger partial charge in [-0.15, -0.1) is 0 Å². The van der Waals surface area contributed by atoms with Crippen molar-refractivity contribution in [2.75, 3.05) is 34.3 Å². The molecule has 6 rings (SSSR count). The van der Waals surface area contributed by atoms with Gasteiger partial charge in [0.25, 0.3) is 0 Å². The Morgan fingerprint density at radius 1 is 0.873 bits per heavy atom. The lowest BCUT2D eigenvalue weighted by molar-refractivity contribution is -0.157. The molecule has 2 aliphatic rings. The molecule has 3 amide bonds. The summed E-state index contributed by atoms with van der Waals surface area (Å²) in [6, 6.07) is 34.1. The van der Waals surface area contributed by atoms with E-state index in [0.29, 0.717) is 16.7 Å². The van der Waals surface area contributed by atoms with Gasteiger partial charge >= 0.3 is 5.97 Å². The molecule has 4 aromatic carbocycles. The molecule has 1 saturated heterocycles. The fraction of sp³-hybridized carbons (Fsp3) is 0.273. The Hall–Kier alpha value is -5.88. The van der Waals surface area contributed by atoms with Crippen molar-refractivity contribution in [1.82, 2.24) is 15.1 Å². The van der Waals surface area contributed by atoms with Crippen molar-refractivity contribution in [2.45, 2.75) is 43.0 Å². The lowest BCUT2D eigenvalue weighted by atomic mass is 9.90. The summed E-state index contributed by atoms with van der Waals surface area (Å²) >= 11 is 0. The van der Waals surface area contributed by atoms with Crippen molar-refractivity contribution in [3.05, 3.63) is 161 Å². The van der Waals surface area contributed by atoms with Gasteiger partial charge in [-0.3, -0.25) is 14.4 Å². The lowest BCUT2D eigenvalue weighted by Gasteiger charge is -2.33. The van der Waals surface area contributed by atoms with Crippen LogP contribution in [0.25, 0.3) is 6.08 Å². The van der Waals surface area contributed by atoms with Gasteiger partial charge in [-0.2, -0.15) is 0 Å². The fourth-order valence-corrected chi connectivity index (χ4v) is 6.78. The Morgan fingerprint density at radius 2 is 1.51 bits per heavy atom. The number of nitrogens with one attached hydrogen (secondary N) is 1. The molecule has 0 radical (unpaired) electrons. The number of benzene rings is 4. The van der Waals surface area contributed by atoms with Crippen LogP contribution in [0.5, 0.6) is 0 Å². The molecule has 284 valence electrons. The molecule has 2 N–H and O–H groups in total. The molecule has 4 aromatic rings. The fourth-order valence-electron chi connectivity index (χ4n) is 6.78. The molecule has 55 heavy (non-hydrogen) atoms. The molecule has 0 saturated carbocycles. The van der Waals surface area contributed by atoms with Crippen molar-refractivity contribution in [1.29, 1.82) is 0 Å². The summed E-state index contributed by atoms with van der Waals surface area (Å²) in [5, 5.41) is 12.1. The van der Waals surface area contributed by atoms with Gasteiger partial charge in [0.15, 0.2) is 0 Å². The molecule has 0 bridgehead atoms. The highest BCUT2D eigenvalue weighted by molar-refractivity contribution is 5.97. The second-order valence-corrected chi connectivity index (χ2v) is 13.7. The lowest BCUT2D eigenvalue weighted by Crippen LogP contribution is -2.51. The number of aliphatic hydroxyl groups is 1. The van der Waals surface area contributed by atoms with E-state index in [1.807, 2.05) is 91.0 Å². The van der Waals surface area contributed by atoms with Crippen molar-refractivity contribution < 1.29 is 38.5 Å². The molecule has 1 aliphatic heterocycles. The van der Waals surface area contributed by atoms with Crippen molar-refractivity contribution in [3.63, 3.8) is 0 Å². The third kappa shape index (κ3) is 8.92. The molecule has 1 aliphatic carbocycles. The van der Waals surface area contributed by atoms with Crippen LogP contribution in [0.15, 0.2) is 133 Å². The predicted octanol–water partition coefficient (Wildman–Crippen LogP) is 4.51. The molecular formula is C44H45N3O8. The summed E-state index contributed by atoms with van der Waals surface area (Å²) in [5.41, 5.74) is 3.44. The summed E-state index contributed by atoms with van der Waals surface area (Å²) in [7, 11) is 4.86. The third-order valence-electron chi connectivity index (χ3n) is 9.68. The maximum atomic E-state index is 14.5. The van der Waals surface area contributed by atoms with Crippen LogP contribution in [0.4, 0.5) is 0 Å². The second kappa shape index (κ2) is 17.5. The average molecular weight is 744 g/mol. The van der Waals surface area contributed by atoms with Crippen LogP contribution in [0.2, 0.25) is 0 Å². The van der Waals surface area contributed by atoms with Crippen LogP contribution in [0.1, 0.15) is 39.0 Å². The summed E-state index contributed by atoms with van der Waals surface area (Å²) < 4.78 is 19.9. The standard InChI is InChI=1S/C44H45N3O8/c1-46(2)39(49)23-22-31-16-13-17-32(26-31)43(52)53-37-28-33(42(51)47(3)36(41(50)45-24-25-48)27-30-14-7-4-8-15-30)29-38-40(37)55-44(54-38,34-18-9-5-10-19-34)35-20-11-6-12-21-35/h4-23,26,29,36-38,40,48H,24-25,27-28H2,1-3H3,(H,45,50)/t36-,37-,38-,40+/m1/s1. The number of hydrogen-bond acceptors (Lipinski definition) is 8. The van der Waals surface area contributed by atoms with E-state index in [-0.39, 0.29) is 43.0 Å². The molecule has 0 aromatic heterocycles. The van der Waals surface area contributed by atoms with Crippen LogP contribution in [0.3, 0.4) is 0 Å². The van der Waals surface area contributed by atoms with E-state index >= 15 is 0 Å². The number of likely N-dealkylation sites (N-methyl/N-ethyl adjacent to an activating group) is 2. The van der Waals surface area contributed by atoms with Crippen LogP contribution in [-0.2, 0) is 40.8 Å². The van der Waals surface area contributed by atoms with Crippen LogP contribution < -0.4 is 5.32 Å². The Kier molecular flexibility index (Phi) is 12.4. The Bertz CT molecular complexity index is 1990. The Morgan fingerprint density at radius 3 is 2.13 bits per heavy atom. The van der Waals surface area contributed by atoms with E-state index in [2.05, 4.69) is 5.32 Å². The number of carbonyl (C=O) groups excluding carboxylic acids is 4. The van der Waals surface area contributed by atoms with E-state index in [0.717, 1.165) is 5.56 Å². The molecule has 1 fully saturated rings. The Balaban J connectivity index is 1.35. The zero-order valence-electron chi connectivity index (χ0n) is 31.0. The van der Waals surface area contributed by atoms with Gasteiger partial charge in [0, 0.05) is 63.3 Å². The first-order valence-corrected chi connectivity index (χ1v) is 18.2. The summed E-state index contributed by atoms with van der Waals surface area (Å²) in [6.45, 7) is -0.218. The maximum Gasteiger partial charge on any atom is 0.338 e. The quantitative estimate of drug-likeness (QED) is 0.151. The second-order valence-electron chi connectivity index (χ2n) is 13.7. The minimum atomic E-state index is -1.40. The summed E-state index contributed by atoms with van der Waals surface area (Å²) in [6.07, 6.45) is 2.33. The van der Waals surface area contributed by atoms with Crippen molar-refractivity contribution >= 4 is 29.8 Å². The molecular weight excluding hydrogens is 698 g/mol. The number of aliphatic hydroxyl groups excluding tert-OH is 1. The molecule has 11 nitrogen and oxygen atoms in total. The SMILES string of the molecule is CN(C)C(=O)C=Cc1cccc(C(=O)O[C@@H]2CC(C(=O)N(C)[C@H](Cc3ccccc3)C(=O)NCCO)=C[C@H]3OC(c4ccccc4)(c4ccccc4)O[C@H]32)c1. The monoisotopic (exact) mass is 743 g/mol. The zero-order chi connectivity index (χ0) is 39.0. The van der Waals surface area contributed by atoms with Crippen molar-refractivity contribution in [2.24, 2.45) is 0 Å². The topological polar surface area (TPSA) is 135 Å². The van der Waals surface area contributed by atoms with Crippen LogP contribution >= 0.6 is 0 Å². The number of esters is 1. The van der Waals surface area contributed by atoms with Gasteiger partial charge in [0.1, 0.15) is 24.4 Å². The van der Waals surface area contributed by atoms with Gasteiger partial charge in [-0.1, -0.05) is 103 Å². The number of hydrogen-bond donors (Lipinski definition) is 2. The van der Waals surface area contributed by atoms with Crippen molar-refractivity contribution in [3.8, 4) is 0 Å². The van der Waals surface area contributed by atoms with E-state index in [1.165, 1.54) is 15.9 Å². The molecule has 4 atom stereocenters.